The van der Waals surface area contributed by atoms with Crippen LogP contribution in [0, 0.1) is 11.7 Å². The zero-order valence-electron chi connectivity index (χ0n) is 9.51. The quantitative estimate of drug-likeness (QED) is 0.754. The topological polar surface area (TPSA) is 38.0 Å². The molecule has 0 aromatic heterocycles. The van der Waals surface area contributed by atoms with Gasteiger partial charge in [0.2, 0.25) is 0 Å². The Morgan fingerprint density at radius 3 is 3.00 bits per heavy atom. The lowest BCUT2D eigenvalue weighted by Gasteiger charge is -2.13. The summed E-state index contributed by atoms with van der Waals surface area (Å²) in [5.74, 6) is 0.391. The minimum absolute atomic E-state index is 0.242. The molecular formula is C13H19FN2. The van der Waals surface area contributed by atoms with Crippen molar-refractivity contribution in [1.29, 1.82) is 0 Å². The molecule has 2 nitrogen and oxygen atoms in total. The van der Waals surface area contributed by atoms with Crippen molar-refractivity contribution < 1.29 is 4.39 Å². The Kier molecular flexibility index (Phi) is 3.78. The standard InChI is InChI=1S/C13H19FN2/c14-12-9-11(3-4-13(12)15)8-10-2-1-6-16-7-5-10/h3-4,9-10,16H,1-2,5-8,15H2. The fourth-order valence-corrected chi connectivity index (χ4v) is 2.33. The number of nitrogens with one attached hydrogen (secondary N) is 1. The molecule has 3 N–H and O–H groups in total. The van der Waals surface area contributed by atoms with Crippen LogP contribution in [0.1, 0.15) is 24.8 Å². The van der Waals surface area contributed by atoms with Crippen LogP contribution in [0.15, 0.2) is 18.2 Å². The van der Waals surface area contributed by atoms with Crippen LogP contribution in [0.4, 0.5) is 10.1 Å². The molecule has 0 aliphatic carbocycles. The van der Waals surface area contributed by atoms with E-state index in [1.165, 1.54) is 19.3 Å². The molecule has 1 saturated heterocycles. The number of hydrogen-bond acceptors (Lipinski definition) is 2. The van der Waals surface area contributed by atoms with E-state index in [-0.39, 0.29) is 11.5 Å². The summed E-state index contributed by atoms with van der Waals surface area (Å²) in [6.45, 7) is 2.20. The molecule has 1 unspecified atom stereocenters. The number of halogens is 1. The SMILES string of the molecule is Nc1ccc(CC2CCCNCC2)cc1F. The molecule has 88 valence electrons. The monoisotopic (exact) mass is 222 g/mol. The number of benzene rings is 1. The average molecular weight is 222 g/mol. The summed E-state index contributed by atoms with van der Waals surface area (Å²) in [6.07, 6.45) is 4.62. The molecule has 1 aliphatic heterocycles. The van der Waals surface area contributed by atoms with Gasteiger partial charge >= 0.3 is 0 Å². The van der Waals surface area contributed by atoms with Crippen LogP contribution >= 0.6 is 0 Å². The van der Waals surface area contributed by atoms with Gasteiger partial charge in [-0.25, -0.2) is 4.39 Å². The maximum Gasteiger partial charge on any atom is 0.146 e. The zero-order chi connectivity index (χ0) is 11.4. The van der Waals surface area contributed by atoms with Gasteiger partial charge in [-0.2, -0.15) is 0 Å². The van der Waals surface area contributed by atoms with E-state index in [9.17, 15) is 4.39 Å². The summed E-state index contributed by atoms with van der Waals surface area (Å²) in [4.78, 5) is 0. The second-order valence-corrected chi connectivity index (χ2v) is 4.61. The fourth-order valence-electron chi connectivity index (χ4n) is 2.33. The van der Waals surface area contributed by atoms with Crippen molar-refractivity contribution in [3.8, 4) is 0 Å². The minimum atomic E-state index is -0.288. The predicted molar refractivity (Wildman–Crippen MR) is 64.7 cm³/mol. The van der Waals surface area contributed by atoms with Gasteiger partial charge in [0.25, 0.3) is 0 Å². The molecule has 1 atom stereocenters. The zero-order valence-corrected chi connectivity index (χ0v) is 9.51. The Labute approximate surface area is 96.0 Å². The van der Waals surface area contributed by atoms with Gasteiger partial charge in [-0.3, -0.25) is 0 Å². The summed E-state index contributed by atoms with van der Waals surface area (Å²) in [5.41, 5.74) is 6.77. The summed E-state index contributed by atoms with van der Waals surface area (Å²) >= 11 is 0. The molecule has 2 rings (SSSR count). The largest absolute Gasteiger partial charge is 0.396 e. The summed E-state index contributed by atoms with van der Waals surface area (Å²) < 4.78 is 13.3. The summed E-state index contributed by atoms with van der Waals surface area (Å²) in [5, 5.41) is 3.39. The molecule has 0 spiro atoms. The summed E-state index contributed by atoms with van der Waals surface area (Å²) in [6, 6.07) is 5.18. The average Bonchev–Trinajstić information content (AvgIpc) is 2.52. The molecule has 1 fully saturated rings. The van der Waals surface area contributed by atoms with E-state index in [2.05, 4.69) is 5.32 Å². The third kappa shape index (κ3) is 2.95. The fraction of sp³-hybridized carbons (Fsp3) is 0.538. The van der Waals surface area contributed by atoms with Crippen LogP contribution < -0.4 is 11.1 Å². The van der Waals surface area contributed by atoms with Crippen molar-refractivity contribution in [3.63, 3.8) is 0 Å². The molecule has 1 aromatic rings. The van der Waals surface area contributed by atoms with E-state index in [4.69, 9.17) is 5.73 Å². The van der Waals surface area contributed by atoms with E-state index in [1.807, 2.05) is 6.07 Å². The first-order valence-electron chi connectivity index (χ1n) is 6.00. The smallest absolute Gasteiger partial charge is 0.146 e. The van der Waals surface area contributed by atoms with Crippen LogP contribution in [0.25, 0.3) is 0 Å². The van der Waals surface area contributed by atoms with Crippen molar-refractivity contribution in [2.75, 3.05) is 18.8 Å². The molecule has 1 heterocycles. The van der Waals surface area contributed by atoms with E-state index in [1.54, 1.807) is 12.1 Å². The number of hydrogen-bond donors (Lipinski definition) is 2. The van der Waals surface area contributed by atoms with Gasteiger partial charge in [0.05, 0.1) is 5.69 Å². The molecule has 3 heteroatoms. The van der Waals surface area contributed by atoms with E-state index in [0.29, 0.717) is 5.92 Å². The lowest BCUT2D eigenvalue weighted by molar-refractivity contribution is 0.469. The molecule has 0 bridgehead atoms. The number of anilines is 1. The van der Waals surface area contributed by atoms with Gasteiger partial charge in [0, 0.05) is 0 Å². The first-order valence-corrected chi connectivity index (χ1v) is 6.00. The third-order valence-electron chi connectivity index (χ3n) is 3.28. The Bertz CT molecular complexity index is 344. The third-order valence-corrected chi connectivity index (χ3v) is 3.28. The number of rotatable bonds is 2. The van der Waals surface area contributed by atoms with Gasteiger partial charge in [-0.05, 0) is 62.4 Å². The van der Waals surface area contributed by atoms with Crippen molar-refractivity contribution in [3.05, 3.63) is 29.6 Å². The van der Waals surface area contributed by atoms with Gasteiger partial charge < -0.3 is 11.1 Å². The number of nitrogen functional groups attached to an aromatic ring is 1. The minimum Gasteiger partial charge on any atom is -0.396 e. The summed E-state index contributed by atoms with van der Waals surface area (Å²) in [7, 11) is 0. The Morgan fingerprint density at radius 2 is 2.19 bits per heavy atom. The van der Waals surface area contributed by atoms with Crippen LogP contribution in [-0.4, -0.2) is 13.1 Å². The number of nitrogens with two attached hydrogens (primary N) is 1. The molecule has 16 heavy (non-hydrogen) atoms. The maximum absolute atomic E-state index is 13.3. The second-order valence-electron chi connectivity index (χ2n) is 4.61. The highest BCUT2D eigenvalue weighted by atomic mass is 19.1. The molecule has 0 amide bonds. The van der Waals surface area contributed by atoms with Gasteiger partial charge in [-0.1, -0.05) is 6.07 Å². The van der Waals surface area contributed by atoms with Gasteiger partial charge in [0.1, 0.15) is 5.82 Å². The van der Waals surface area contributed by atoms with Crippen molar-refractivity contribution in [1.82, 2.24) is 5.32 Å². The van der Waals surface area contributed by atoms with Crippen molar-refractivity contribution >= 4 is 5.69 Å². The second kappa shape index (κ2) is 5.30. The van der Waals surface area contributed by atoms with Gasteiger partial charge in [0.15, 0.2) is 0 Å². The Hall–Kier alpha value is -1.09. The highest BCUT2D eigenvalue weighted by Crippen LogP contribution is 2.21. The Balaban J connectivity index is 1.99. The highest BCUT2D eigenvalue weighted by Gasteiger charge is 2.13. The van der Waals surface area contributed by atoms with Crippen LogP contribution in [0.2, 0.25) is 0 Å². The van der Waals surface area contributed by atoms with Crippen LogP contribution in [0.3, 0.4) is 0 Å². The molecule has 0 saturated carbocycles. The maximum atomic E-state index is 13.3. The van der Waals surface area contributed by atoms with E-state index in [0.717, 1.165) is 25.1 Å². The van der Waals surface area contributed by atoms with Gasteiger partial charge in [-0.15, -0.1) is 0 Å². The van der Waals surface area contributed by atoms with E-state index < -0.39 is 0 Å². The molecule has 0 radical (unpaired) electrons. The predicted octanol–water partition coefficient (Wildman–Crippen LogP) is 2.34. The van der Waals surface area contributed by atoms with Crippen LogP contribution in [-0.2, 0) is 6.42 Å². The highest BCUT2D eigenvalue weighted by molar-refractivity contribution is 5.41. The molecule has 1 aromatic carbocycles. The van der Waals surface area contributed by atoms with Crippen molar-refractivity contribution in [2.24, 2.45) is 5.92 Å². The first-order chi connectivity index (χ1) is 7.75. The van der Waals surface area contributed by atoms with E-state index >= 15 is 0 Å². The lowest BCUT2D eigenvalue weighted by Crippen LogP contribution is -2.14. The first kappa shape index (κ1) is 11.4. The molecular weight excluding hydrogens is 203 g/mol. The normalized spacial score (nSPS) is 21.7. The van der Waals surface area contributed by atoms with Crippen LogP contribution in [0.5, 0.6) is 0 Å². The lowest BCUT2D eigenvalue weighted by atomic mass is 9.92. The Morgan fingerprint density at radius 1 is 1.31 bits per heavy atom. The van der Waals surface area contributed by atoms with Crippen molar-refractivity contribution in [2.45, 2.75) is 25.7 Å². The molecule has 1 aliphatic rings.